The van der Waals surface area contributed by atoms with Crippen LogP contribution in [0, 0.1) is 5.82 Å². The molecule has 0 amide bonds. The van der Waals surface area contributed by atoms with Crippen molar-refractivity contribution >= 4 is 21.8 Å². The smallest absolute Gasteiger partial charge is 0.140 e. The maximum Gasteiger partial charge on any atom is 0.140 e. The quantitative estimate of drug-likeness (QED) is 0.607. The molecule has 23 heavy (non-hydrogen) atoms. The fourth-order valence-corrected chi connectivity index (χ4v) is 3.00. The molecule has 0 unspecified atom stereocenters. The summed E-state index contributed by atoms with van der Waals surface area (Å²) in [6.45, 7) is 0. The van der Waals surface area contributed by atoms with Crippen LogP contribution < -0.4 is 4.74 Å². The summed E-state index contributed by atoms with van der Waals surface area (Å²) < 4.78 is 18.7. The number of benzene rings is 2. The second-order valence-corrected chi connectivity index (χ2v) is 5.56. The van der Waals surface area contributed by atoms with Gasteiger partial charge in [-0.1, -0.05) is 12.1 Å². The van der Waals surface area contributed by atoms with E-state index in [0.717, 1.165) is 45.1 Å². The van der Waals surface area contributed by atoms with Gasteiger partial charge in [0.15, 0.2) is 0 Å². The van der Waals surface area contributed by atoms with Gasteiger partial charge in [-0.15, -0.1) is 0 Å². The van der Waals surface area contributed by atoms with E-state index < -0.39 is 0 Å². The van der Waals surface area contributed by atoms with Gasteiger partial charge in [-0.05, 0) is 35.9 Å². The van der Waals surface area contributed by atoms with Crippen LogP contribution in [0.25, 0.3) is 21.8 Å². The van der Waals surface area contributed by atoms with Crippen molar-refractivity contribution in [1.29, 1.82) is 0 Å². The number of hydrogen-bond acceptors (Lipinski definition) is 2. The number of H-pyrrole nitrogens is 1. The number of halogens is 1. The zero-order chi connectivity index (χ0) is 15.8. The van der Waals surface area contributed by atoms with Gasteiger partial charge in [0, 0.05) is 40.0 Å². The topological polar surface area (TPSA) is 37.9 Å². The molecular formula is C19H15FN2O. The minimum Gasteiger partial charge on any atom is -0.495 e. The van der Waals surface area contributed by atoms with Gasteiger partial charge in [-0.25, -0.2) is 4.39 Å². The van der Waals surface area contributed by atoms with Crippen LogP contribution in [0.3, 0.4) is 0 Å². The molecular weight excluding hydrogens is 291 g/mol. The highest BCUT2D eigenvalue weighted by Crippen LogP contribution is 2.28. The third-order valence-corrected chi connectivity index (χ3v) is 4.11. The number of nitrogens with one attached hydrogen (secondary N) is 1. The summed E-state index contributed by atoms with van der Waals surface area (Å²) in [4.78, 5) is 7.37. The number of ether oxygens (including phenoxy) is 1. The summed E-state index contributed by atoms with van der Waals surface area (Å²) in [5.74, 6) is 0.553. The number of nitrogens with zero attached hydrogens (tertiary/aromatic N) is 1. The third-order valence-electron chi connectivity index (χ3n) is 4.11. The Balaban J connectivity index is 1.78. The van der Waals surface area contributed by atoms with Crippen molar-refractivity contribution in [1.82, 2.24) is 9.97 Å². The fourth-order valence-electron chi connectivity index (χ4n) is 3.00. The van der Waals surface area contributed by atoms with E-state index in [-0.39, 0.29) is 5.82 Å². The average molecular weight is 306 g/mol. The molecule has 0 saturated carbocycles. The lowest BCUT2D eigenvalue weighted by Gasteiger charge is -2.07. The molecule has 0 spiro atoms. The lowest BCUT2D eigenvalue weighted by Crippen LogP contribution is -1.94. The largest absolute Gasteiger partial charge is 0.495 e. The maximum atomic E-state index is 13.4. The molecule has 0 atom stereocenters. The number of methoxy groups -OCH3 is 1. The van der Waals surface area contributed by atoms with Crippen molar-refractivity contribution in [3.8, 4) is 5.75 Å². The Morgan fingerprint density at radius 3 is 2.65 bits per heavy atom. The van der Waals surface area contributed by atoms with Crippen molar-refractivity contribution in [3.63, 3.8) is 0 Å². The first-order valence-electron chi connectivity index (χ1n) is 7.41. The lowest BCUT2D eigenvalue weighted by atomic mass is 10.0. The molecule has 4 heteroatoms. The fraction of sp³-hybridized carbons (Fsp3) is 0.105. The van der Waals surface area contributed by atoms with Gasteiger partial charge >= 0.3 is 0 Å². The van der Waals surface area contributed by atoms with E-state index in [4.69, 9.17) is 4.74 Å². The molecule has 4 aromatic rings. The second-order valence-electron chi connectivity index (χ2n) is 5.56. The van der Waals surface area contributed by atoms with E-state index in [9.17, 15) is 4.39 Å². The molecule has 3 nitrogen and oxygen atoms in total. The summed E-state index contributed by atoms with van der Waals surface area (Å²) in [7, 11) is 1.65. The van der Waals surface area contributed by atoms with Crippen molar-refractivity contribution in [2.24, 2.45) is 0 Å². The normalized spacial score (nSPS) is 11.2. The van der Waals surface area contributed by atoms with Crippen LogP contribution >= 0.6 is 0 Å². The molecule has 114 valence electrons. The van der Waals surface area contributed by atoms with Gasteiger partial charge in [0.25, 0.3) is 0 Å². The number of hydrogen-bond donors (Lipinski definition) is 1. The van der Waals surface area contributed by atoms with Crippen LogP contribution in [-0.2, 0) is 6.42 Å². The van der Waals surface area contributed by atoms with Crippen LogP contribution in [0.5, 0.6) is 5.75 Å². The molecule has 0 aliphatic heterocycles. The third kappa shape index (κ3) is 2.42. The van der Waals surface area contributed by atoms with E-state index in [1.807, 2.05) is 12.1 Å². The molecule has 2 aromatic carbocycles. The molecule has 1 N–H and O–H groups in total. The number of aromatic nitrogens is 2. The Morgan fingerprint density at radius 2 is 1.83 bits per heavy atom. The van der Waals surface area contributed by atoms with Crippen molar-refractivity contribution in [2.45, 2.75) is 6.42 Å². The van der Waals surface area contributed by atoms with Crippen LogP contribution in [0.15, 0.2) is 54.9 Å². The summed E-state index contributed by atoms with van der Waals surface area (Å²) in [5.41, 5.74) is 4.08. The van der Waals surface area contributed by atoms with E-state index in [1.165, 1.54) is 12.1 Å². The van der Waals surface area contributed by atoms with Gasteiger partial charge in [0.2, 0.25) is 0 Å². The molecule has 0 bridgehead atoms. The minimum absolute atomic E-state index is 0.231. The van der Waals surface area contributed by atoms with Crippen molar-refractivity contribution in [2.75, 3.05) is 7.11 Å². The minimum atomic E-state index is -0.231. The van der Waals surface area contributed by atoms with Crippen LogP contribution in [0.2, 0.25) is 0 Å². The highest BCUT2D eigenvalue weighted by atomic mass is 19.1. The first-order valence-corrected chi connectivity index (χ1v) is 7.41. The van der Waals surface area contributed by atoms with Gasteiger partial charge in [0.1, 0.15) is 11.6 Å². The summed E-state index contributed by atoms with van der Waals surface area (Å²) in [6.07, 6.45) is 4.24. The van der Waals surface area contributed by atoms with E-state index >= 15 is 0 Å². The lowest BCUT2D eigenvalue weighted by molar-refractivity contribution is 0.408. The van der Waals surface area contributed by atoms with Crippen LogP contribution in [0.4, 0.5) is 4.39 Å². The second kappa shape index (κ2) is 5.39. The van der Waals surface area contributed by atoms with E-state index in [0.29, 0.717) is 0 Å². The highest BCUT2D eigenvalue weighted by molar-refractivity contribution is 6.07. The molecule has 2 heterocycles. The Hall–Kier alpha value is -2.88. The Bertz CT molecular complexity index is 1010. The monoisotopic (exact) mass is 306 g/mol. The van der Waals surface area contributed by atoms with Crippen molar-refractivity contribution < 1.29 is 9.13 Å². The first kappa shape index (κ1) is 13.8. The maximum absolute atomic E-state index is 13.4. The number of rotatable bonds is 3. The molecule has 0 saturated heterocycles. The number of pyridine rings is 1. The molecule has 2 aromatic heterocycles. The zero-order valence-corrected chi connectivity index (χ0v) is 12.6. The standard InChI is InChI=1S/C19H15FN2O/c1-23-19-11-21-7-6-13(19)8-12-2-4-15-16-5-3-14(20)10-18(16)22-17(15)9-12/h2-7,9-11,22H,8H2,1H3. The van der Waals surface area contributed by atoms with E-state index in [2.05, 4.69) is 28.2 Å². The molecule has 0 aliphatic rings. The van der Waals surface area contributed by atoms with Gasteiger partial charge in [-0.2, -0.15) is 0 Å². The predicted molar refractivity (Wildman–Crippen MR) is 89.4 cm³/mol. The molecule has 0 radical (unpaired) electrons. The Kier molecular flexibility index (Phi) is 3.23. The Morgan fingerprint density at radius 1 is 1.04 bits per heavy atom. The summed E-state index contributed by atoms with van der Waals surface area (Å²) in [5, 5.41) is 2.14. The Labute approximate surface area is 132 Å². The SMILES string of the molecule is COc1cnccc1Cc1ccc2c(c1)[nH]c1cc(F)ccc12. The highest BCUT2D eigenvalue weighted by Gasteiger charge is 2.08. The van der Waals surface area contributed by atoms with Crippen molar-refractivity contribution in [3.05, 3.63) is 71.8 Å². The van der Waals surface area contributed by atoms with Crippen LogP contribution in [-0.4, -0.2) is 17.1 Å². The molecule has 0 fully saturated rings. The van der Waals surface area contributed by atoms with Gasteiger partial charge in [-0.3, -0.25) is 4.98 Å². The molecule has 4 rings (SSSR count). The number of aromatic amines is 1. The average Bonchev–Trinajstić information content (AvgIpc) is 2.91. The predicted octanol–water partition coefficient (Wildman–Crippen LogP) is 4.45. The van der Waals surface area contributed by atoms with Crippen LogP contribution in [0.1, 0.15) is 11.1 Å². The van der Waals surface area contributed by atoms with E-state index in [1.54, 1.807) is 19.5 Å². The zero-order valence-electron chi connectivity index (χ0n) is 12.6. The van der Waals surface area contributed by atoms with Gasteiger partial charge in [0.05, 0.1) is 13.3 Å². The van der Waals surface area contributed by atoms with Gasteiger partial charge < -0.3 is 9.72 Å². The number of fused-ring (bicyclic) bond motifs is 3. The first-order chi connectivity index (χ1) is 11.2. The summed E-state index contributed by atoms with van der Waals surface area (Å²) in [6, 6.07) is 13.1. The molecule has 0 aliphatic carbocycles. The summed E-state index contributed by atoms with van der Waals surface area (Å²) >= 11 is 0.